The van der Waals surface area contributed by atoms with E-state index in [9.17, 15) is 8.78 Å². The molecule has 0 aliphatic rings. The van der Waals surface area contributed by atoms with Crippen LogP contribution in [-0.2, 0) is 0 Å². The molecule has 12 rings (SSSR count). The molecular weight excluding hydrogens is 791 g/mol. The predicted molar refractivity (Wildman–Crippen MR) is 258 cm³/mol. The van der Waals surface area contributed by atoms with Gasteiger partial charge in [0.25, 0.3) is 0 Å². The topological polar surface area (TPSA) is 35.6 Å². The normalized spacial score (nSPS) is 11.6. The highest BCUT2D eigenvalue weighted by Crippen LogP contribution is 2.39. The average molecular weight is 827 g/mol. The third-order valence-electron chi connectivity index (χ3n) is 12.3. The summed E-state index contributed by atoms with van der Waals surface area (Å²) in [6, 6.07) is 72.5. The molecule has 4 nitrogen and oxygen atoms in total. The number of halogens is 2. The molecule has 3 heterocycles. The minimum absolute atomic E-state index is 0.265. The highest BCUT2D eigenvalue weighted by atomic mass is 19.1. The van der Waals surface area contributed by atoms with Crippen LogP contribution in [0.3, 0.4) is 0 Å². The van der Waals surface area contributed by atoms with Gasteiger partial charge in [0.15, 0.2) is 0 Å². The molecule has 302 valence electrons. The summed E-state index contributed by atoms with van der Waals surface area (Å²) in [6.45, 7) is 0. The molecule has 0 bridgehead atoms. The van der Waals surface area contributed by atoms with Crippen molar-refractivity contribution in [1.29, 1.82) is 0 Å². The van der Waals surface area contributed by atoms with Crippen molar-refractivity contribution >= 4 is 43.6 Å². The van der Waals surface area contributed by atoms with Gasteiger partial charge in [-0.3, -0.25) is 4.57 Å². The van der Waals surface area contributed by atoms with Crippen LogP contribution in [0.15, 0.2) is 218 Å². The van der Waals surface area contributed by atoms with E-state index < -0.39 is 0 Å². The average Bonchev–Trinajstić information content (AvgIpc) is 3.87. The molecule has 9 aromatic carbocycles. The van der Waals surface area contributed by atoms with Crippen LogP contribution in [0.1, 0.15) is 0 Å². The molecule has 0 amide bonds. The summed E-state index contributed by atoms with van der Waals surface area (Å²) < 4.78 is 32.0. The third-order valence-corrected chi connectivity index (χ3v) is 12.3. The first kappa shape index (κ1) is 37.3. The van der Waals surface area contributed by atoms with Crippen molar-refractivity contribution < 1.29 is 8.78 Å². The smallest absolute Gasteiger partial charge is 0.235 e. The largest absolute Gasteiger partial charge is 0.309 e. The Kier molecular flexibility index (Phi) is 8.83. The number of rotatable bonds is 7. The standard InChI is InChI=1S/C58H36F2N4/c59-45-28-22-39(23-29-45)37-14-18-41(19-15-37)52-36-53(42-20-16-38(17-21-42)40-24-30-46(60)31-25-40)62-58(61-52)64-55-13-7-5-11-49(55)51-35-44(27-33-57(51)64)43-26-32-56-50(34-43)48-10-4-6-12-54(48)63(56)47-8-2-1-3-9-47/h1-36H. The Balaban J connectivity index is 1.00. The van der Waals surface area contributed by atoms with Gasteiger partial charge >= 0.3 is 0 Å². The van der Waals surface area contributed by atoms with Crippen molar-refractivity contribution in [3.05, 3.63) is 230 Å². The summed E-state index contributed by atoms with van der Waals surface area (Å²) in [6.07, 6.45) is 0. The molecule has 0 unspecified atom stereocenters. The zero-order chi connectivity index (χ0) is 42.7. The Morgan fingerprint density at radius 2 is 0.641 bits per heavy atom. The quantitative estimate of drug-likeness (QED) is 0.160. The van der Waals surface area contributed by atoms with Gasteiger partial charge in [-0.2, -0.15) is 0 Å². The van der Waals surface area contributed by atoms with Crippen molar-refractivity contribution in [2.24, 2.45) is 0 Å². The second-order valence-electron chi connectivity index (χ2n) is 16.1. The zero-order valence-corrected chi connectivity index (χ0v) is 34.3. The van der Waals surface area contributed by atoms with Gasteiger partial charge in [0, 0.05) is 38.4 Å². The molecule has 0 aliphatic carbocycles. The van der Waals surface area contributed by atoms with Crippen molar-refractivity contribution in [2.75, 3.05) is 0 Å². The lowest BCUT2D eigenvalue weighted by Crippen LogP contribution is -2.04. The number of hydrogen-bond acceptors (Lipinski definition) is 2. The van der Waals surface area contributed by atoms with E-state index in [0.29, 0.717) is 5.95 Å². The highest BCUT2D eigenvalue weighted by molar-refractivity contribution is 6.12. The third kappa shape index (κ3) is 6.43. The van der Waals surface area contributed by atoms with Crippen molar-refractivity contribution in [3.63, 3.8) is 0 Å². The Bertz CT molecular complexity index is 3600. The number of fused-ring (bicyclic) bond motifs is 6. The summed E-state index contributed by atoms with van der Waals surface area (Å²) >= 11 is 0. The van der Waals surface area contributed by atoms with Crippen LogP contribution in [-0.4, -0.2) is 19.1 Å². The van der Waals surface area contributed by atoms with E-state index in [1.807, 2.05) is 30.3 Å². The molecule has 0 aliphatic heterocycles. The van der Waals surface area contributed by atoms with Gasteiger partial charge in [-0.15, -0.1) is 0 Å². The van der Waals surface area contributed by atoms with E-state index in [0.717, 1.165) is 88.9 Å². The molecule has 0 saturated heterocycles. The maximum atomic E-state index is 13.8. The Morgan fingerprint density at radius 1 is 0.281 bits per heavy atom. The molecule has 0 N–H and O–H groups in total. The predicted octanol–water partition coefficient (Wildman–Crippen LogP) is 15.3. The molecular formula is C58H36F2N4. The second-order valence-corrected chi connectivity index (χ2v) is 16.1. The van der Waals surface area contributed by atoms with Gasteiger partial charge in [0.05, 0.1) is 33.5 Å². The van der Waals surface area contributed by atoms with Gasteiger partial charge < -0.3 is 4.57 Å². The van der Waals surface area contributed by atoms with Crippen LogP contribution < -0.4 is 0 Å². The number of benzene rings is 9. The van der Waals surface area contributed by atoms with E-state index >= 15 is 0 Å². The molecule has 0 spiro atoms. The number of nitrogens with zero attached hydrogens (tertiary/aromatic N) is 4. The molecule has 0 atom stereocenters. The fourth-order valence-corrected chi connectivity index (χ4v) is 9.16. The number of aromatic nitrogens is 4. The minimum Gasteiger partial charge on any atom is -0.309 e. The van der Waals surface area contributed by atoms with Crippen LogP contribution in [0, 0.1) is 11.6 Å². The second kappa shape index (κ2) is 15.2. The van der Waals surface area contributed by atoms with E-state index in [1.54, 1.807) is 24.3 Å². The Labute approximate surface area is 367 Å². The molecule has 64 heavy (non-hydrogen) atoms. The van der Waals surface area contributed by atoms with E-state index in [4.69, 9.17) is 9.97 Å². The number of hydrogen-bond donors (Lipinski definition) is 0. The van der Waals surface area contributed by atoms with Crippen LogP contribution in [0.5, 0.6) is 0 Å². The maximum absolute atomic E-state index is 13.8. The van der Waals surface area contributed by atoms with Gasteiger partial charge in [-0.05, 0) is 112 Å². The highest BCUT2D eigenvalue weighted by Gasteiger charge is 2.19. The summed E-state index contributed by atoms with van der Waals surface area (Å²) in [5.41, 5.74) is 14.9. The monoisotopic (exact) mass is 826 g/mol. The lowest BCUT2D eigenvalue weighted by Gasteiger charge is -2.13. The molecule has 0 fully saturated rings. The fraction of sp³-hybridized carbons (Fsp3) is 0. The Hall–Kier alpha value is -8.48. The fourth-order valence-electron chi connectivity index (χ4n) is 9.16. The van der Waals surface area contributed by atoms with Gasteiger partial charge in [0.2, 0.25) is 5.95 Å². The van der Waals surface area contributed by atoms with Crippen molar-refractivity contribution in [3.8, 4) is 67.5 Å². The first-order valence-electron chi connectivity index (χ1n) is 21.3. The first-order valence-corrected chi connectivity index (χ1v) is 21.3. The molecule has 12 aromatic rings. The van der Waals surface area contributed by atoms with Crippen molar-refractivity contribution in [1.82, 2.24) is 19.1 Å². The van der Waals surface area contributed by atoms with Gasteiger partial charge in [0.1, 0.15) is 11.6 Å². The molecule has 6 heteroatoms. The van der Waals surface area contributed by atoms with Crippen LogP contribution in [0.25, 0.3) is 111 Å². The van der Waals surface area contributed by atoms with E-state index in [2.05, 4.69) is 149 Å². The Morgan fingerprint density at radius 3 is 1.12 bits per heavy atom. The molecule has 3 aromatic heterocycles. The van der Waals surface area contributed by atoms with Crippen molar-refractivity contribution in [2.45, 2.75) is 0 Å². The van der Waals surface area contributed by atoms with Gasteiger partial charge in [-0.25, -0.2) is 18.7 Å². The van der Waals surface area contributed by atoms with Crippen LogP contribution in [0.4, 0.5) is 8.78 Å². The molecule has 0 radical (unpaired) electrons. The summed E-state index contributed by atoms with van der Waals surface area (Å²) in [7, 11) is 0. The molecule has 0 saturated carbocycles. The first-order chi connectivity index (χ1) is 31.5. The lowest BCUT2D eigenvalue weighted by atomic mass is 10.0. The summed E-state index contributed by atoms with van der Waals surface area (Å²) in [5, 5.41) is 4.62. The van der Waals surface area contributed by atoms with E-state index in [1.165, 1.54) is 40.6 Å². The van der Waals surface area contributed by atoms with E-state index in [-0.39, 0.29) is 11.6 Å². The SMILES string of the molecule is Fc1ccc(-c2ccc(-c3cc(-c4ccc(-c5ccc(F)cc5)cc4)nc(-n4c5ccccc5c5cc(-c6ccc7c(c6)c6ccccc6n7-c6ccccc6)ccc54)n3)cc2)cc1. The lowest BCUT2D eigenvalue weighted by molar-refractivity contribution is 0.627. The minimum atomic E-state index is -0.265. The summed E-state index contributed by atoms with van der Waals surface area (Å²) in [4.78, 5) is 10.6. The zero-order valence-electron chi connectivity index (χ0n) is 34.3. The maximum Gasteiger partial charge on any atom is 0.235 e. The van der Waals surface area contributed by atoms with Crippen LogP contribution >= 0.6 is 0 Å². The number of para-hydroxylation sites is 3. The van der Waals surface area contributed by atoms with Crippen LogP contribution in [0.2, 0.25) is 0 Å². The summed E-state index contributed by atoms with van der Waals surface area (Å²) in [5.74, 6) is 0.0172. The van der Waals surface area contributed by atoms with Gasteiger partial charge in [-0.1, -0.05) is 140 Å².